The summed E-state index contributed by atoms with van der Waals surface area (Å²) in [4.78, 5) is 26.7. The number of hydrogen-bond acceptors (Lipinski definition) is 3. The van der Waals surface area contributed by atoms with Crippen molar-refractivity contribution in [1.29, 1.82) is 0 Å². The number of carboxylic acid groups (broad SMARTS) is 1. The van der Waals surface area contributed by atoms with Crippen molar-refractivity contribution < 1.29 is 14.7 Å². The standard InChI is InChI=1S/C13H15N3O3/c17-12(18)9-1-3-10(4-2-9)16-8-11-7-14-5-6-15(11)13(16)19/h1-4,11,14H,5-8H2,(H,17,18)/t11-/m0/s1. The molecule has 0 saturated carbocycles. The van der Waals surface area contributed by atoms with Gasteiger partial charge in [-0.25, -0.2) is 9.59 Å². The number of anilines is 1. The molecule has 6 heteroatoms. The summed E-state index contributed by atoms with van der Waals surface area (Å²) in [5.41, 5.74) is 0.985. The molecule has 2 heterocycles. The zero-order valence-electron chi connectivity index (χ0n) is 10.4. The van der Waals surface area contributed by atoms with Crippen LogP contribution in [-0.4, -0.2) is 54.2 Å². The number of nitrogens with one attached hydrogen (secondary N) is 1. The summed E-state index contributed by atoms with van der Waals surface area (Å²) in [6, 6.07) is 6.65. The van der Waals surface area contributed by atoms with E-state index in [9.17, 15) is 9.59 Å². The molecule has 1 aromatic rings. The third-order valence-electron chi connectivity index (χ3n) is 3.65. The van der Waals surface area contributed by atoms with Crippen molar-refractivity contribution in [1.82, 2.24) is 10.2 Å². The molecule has 2 aliphatic heterocycles. The van der Waals surface area contributed by atoms with E-state index < -0.39 is 5.97 Å². The minimum Gasteiger partial charge on any atom is -0.478 e. The van der Waals surface area contributed by atoms with E-state index in [1.165, 1.54) is 12.1 Å². The average Bonchev–Trinajstić information content (AvgIpc) is 2.77. The topological polar surface area (TPSA) is 72.9 Å². The number of urea groups is 1. The van der Waals surface area contributed by atoms with Crippen molar-refractivity contribution in [2.24, 2.45) is 0 Å². The van der Waals surface area contributed by atoms with Crippen molar-refractivity contribution in [2.75, 3.05) is 31.1 Å². The predicted octanol–water partition coefficient (Wildman–Crippen LogP) is 0.599. The van der Waals surface area contributed by atoms with Crippen LogP contribution in [0.2, 0.25) is 0 Å². The van der Waals surface area contributed by atoms with E-state index in [-0.39, 0.29) is 17.6 Å². The Bertz CT molecular complexity index is 514. The van der Waals surface area contributed by atoms with Crippen LogP contribution in [0.25, 0.3) is 0 Å². The highest BCUT2D eigenvalue weighted by Crippen LogP contribution is 2.24. The smallest absolute Gasteiger partial charge is 0.335 e. The van der Waals surface area contributed by atoms with Crippen LogP contribution in [0, 0.1) is 0 Å². The van der Waals surface area contributed by atoms with Gasteiger partial charge in [-0.2, -0.15) is 0 Å². The average molecular weight is 261 g/mol. The molecule has 6 nitrogen and oxygen atoms in total. The van der Waals surface area contributed by atoms with Gasteiger partial charge in [0.15, 0.2) is 0 Å². The van der Waals surface area contributed by atoms with Crippen molar-refractivity contribution in [3.05, 3.63) is 29.8 Å². The number of aromatic carboxylic acids is 1. The maximum absolute atomic E-state index is 12.3. The van der Waals surface area contributed by atoms with Crippen LogP contribution in [0.15, 0.2) is 24.3 Å². The van der Waals surface area contributed by atoms with Gasteiger partial charge in [-0.05, 0) is 24.3 Å². The Labute approximate surface area is 110 Å². The molecule has 1 atom stereocenters. The summed E-state index contributed by atoms with van der Waals surface area (Å²) in [6.07, 6.45) is 0. The van der Waals surface area contributed by atoms with Gasteiger partial charge in [0.05, 0.1) is 11.6 Å². The highest BCUT2D eigenvalue weighted by molar-refractivity contribution is 5.95. The van der Waals surface area contributed by atoms with E-state index in [0.29, 0.717) is 6.54 Å². The minimum absolute atomic E-state index is 0.00887. The molecule has 0 radical (unpaired) electrons. The van der Waals surface area contributed by atoms with Crippen molar-refractivity contribution in [3.8, 4) is 0 Å². The van der Waals surface area contributed by atoms with Gasteiger partial charge in [0.1, 0.15) is 0 Å². The number of carboxylic acids is 1. The Balaban J connectivity index is 1.82. The van der Waals surface area contributed by atoms with Crippen molar-refractivity contribution in [3.63, 3.8) is 0 Å². The molecule has 2 amide bonds. The second-order valence-corrected chi connectivity index (χ2v) is 4.80. The number of amides is 2. The largest absolute Gasteiger partial charge is 0.478 e. The molecular formula is C13H15N3O3. The van der Waals surface area contributed by atoms with E-state index in [1.807, 2.05) is 4.90 Å². The van der Waals surface area contributed by atoms with Crippen LogP contribution in [0.5, 0.6) is 0 Å². The van der Waals surface area contributed by atoms with Crippen molar-refractivity contribution >= 4 is 17.7 Å². The third kappa shape index (κ3) is 2.04. The lowest BCUT2D eigenvalue weighted by atomic mass is 10.2. The lowest BCUT2D eigenvalue weighted by molar-refractivity contribution is 0.0697. The first-order valence-electron chi connectivity index (χ1n) is 6.29. The van der Waals surface area contributed by atoms with Gasteiger partial charge >= 0.3 is 12.0 Å². The highest BCUT2D eigenvalue weighted by Gasteiger charge is 2.38. The van der Waals surface area contributed by atoms with Crippen LogP contribution in [-0.2, 0) is 0 Å². The monoisotopic (exact) mass is 261 g/mol. The van der Waals surface area contributed by atoms with E-state index in [1.54, 1.807) is 17.0 Å². The van der Waals surface area contributed by atoms with Crippen LogP contribution in [0.4, 0.5) is 10.5 Å². The van der Waals surface area contributed by atoms with Gasteiger partial charge in [0.25, 0.3) is 0 Å². The molecule has 0 spiro atoms. The predicted molar refractivity (Wildman–Crippen MR) is 69.5 cm³/mol. The molecule has 0 unspecified atom stereocenters. The zero-order valence-corrected chi connectivity index (χ0v) is 10.4. The highest BCUT2D eigenvalue weighted by atomic mass is 16.4. The number of carbonyl (C=O) groups is 2. The van der Waals surface area contributed by atoms with Crippen LogP contribution >= 0.6 is 0 Å². The number of benzene rings is 1. The molecule has 2 N–H and O–H groups in total. The van der Waals surface area contributed by atoms with E-state index in [2.05, 4.69) is 5.32 Å². The summed E-state index contributed by atoms with van der Waals surface area (Å²) >= 11 is 0. The number of hydrogen-bond donors (Lipinski definition) is 2. The van der Waals surface area contributed by atoms with Crippen molar-refractivity contribution in [2.45, 2.75) is 6.04 Å². The summed E-state index contributed by atoms with van der Waals surface area (Å²) in [5.74, 6) is -0.957. The maximum Gasteiger partial charge on any atom is 0.335 e. The number of piperazine rings is 1. The first-order valence-corrected chi connectivity index (χ1v) is 6.29. The normalized spacial score (nSPS) is 22.5. The van der Waals surface area contributed by atoms with Gasteiger partial charge in [-0.1, -0.05) is 0 Å². The van der Waals surface area contributed by atoms with E-state index in [4.69, 9.17) is 5.11 Å². The fourth-order valence-corrected chi connectivity index (χ4v) is 2.62. The minimum atomic E-state index is -0.957. The molecule has 3 rings (SSSR count). The first-order chi connectivity index (χ1) is 9.16. The molecule has 19 heavy (non-hydrogen) atoms. The first kappa shape index (κ1) is 12.0. The fourth-order valence-electron chi connectivity index (χ4n) is 2.62. The van der Waals surface area contributed by atoms with E-state index >= 15 is 0 Å². The number of carbonyl (C=O) groups excluding carboxylic acids is 1. The molecule has 2 aliphatic rings. The number of fused-ring (bicyclic) bond motifs is 1. The molecule has 0 bridgehead atoms. The molecule has 2 fully saturated rings. The second-order valence-electron chi connectivity index (χ2n) is 4.80. The molecular weight excluding hydrogens is 246 g/mol. The quantitative estimate of drug-likeness (QED) is 0.817. The van der Waals surface area contributed by atoms with Gasteiger partial charge < -0.3 is 15.3 Å². The molecule has 1 aromatic carbocycles. The lowest BCUT2D eigenvalue weighted by Crippen LogP contribution is -2.49. The van der Waals surface area contributed by atoms with Gasteiger partial charge in [-0.15, -0.1) is 0 Å². The van der Waals surface area contributed by atoms with Gasteiger partial charge in [0.2, 0.25) is 0 Å². The molecule has 2 saturated heterocycles. The summed E-state index contributed by atoms with van der Waals surface area (Å²) in [6.45, 7) is 3.02. The Morgan fingerprint density at radius 2 is 2.05 bits per heavy atom. The summed E-state index contributed by atoms with van der Waals surface area (Å²) in [7, 11) is 0. The van der Waals surface area contributed by atoms with Crippen LogP contribution < -0.4 is 10.2 Å². The fraction of sp³-hybridized carbons (Fsp3) is 0.385. The summed E-state index contributed by atoms with van der Waals surface area (Å²) in [5, 5.41) is 12.1. The van der Waals surface area contributed by atoms with E-state index in [0.717, 1.165) is 25.3 Å². The zero-order chi connectivity index (χ0) is 13.4. The Morgan fingerprint density at radius 3 is 2.68 bits per heavy atom. The number of rotatable bonds is 2. The third-order valence-corrected chi connectivity index (χ3v) is 3.65. The Kier molecular flexibility index (Phi) is 2.87. The van der Waals surface area contributed by atoms with Crippen LogP contribution in [0.3, 0.4) is 0 Å². The number of nitrogens with zero attached hydrogens (tertiary/aromatic N) is 2. The molecule has 0 aromatic heterocycles. The Morgan fingerprint density at radius 1 is 1.32 bits per heavy atom. The maximum atomic E-state index is 12.3. The van der Waals surface area contributed by atoms with Crippen LogP contribution in [0.1, 0.15) is 10.4 Å². The lowest BCUT2D eigenvalue weighted by Gasteiger charge is -2.28. The SMILES string of the molecule is O=C(O)c1ccc(N2C[C@@H]3CNCCN3C2=O)cc1. The molecule has 0 aliphatic carbocycles. The summed E-state index contributed by atoms with van der Waals surface area (Å²) < 4.78 is 0. The molecule has 100 valence electrons. The van der Waals surface area contributed by atoms with Gasteiger partial charge in [-0.3, -0.25) is 4.90 Å². The van der Waals surface area contributed by atoms with Gasteiger partial charge in [0, 0.05) is 31.9 Å². The Hall–Kier alpha value is -2.08. The second kappa shape index (κ2) is 4.55.